The molecule has 0 radical (unpaired) electrons. The number of sulfone groups is 1. The number of fused-ring (bicyclic) bond motifs is 1. The molecule has 1 saturated heterocycles. The van der Waals surface area contributed by atoms with E-state index >= 15 is 0 Å². The predicted octanol–water partition coefficient (Wildman–Crippen LogP) is 1.97. The molecule has 0 unspecified atom stereocenters. The van der Waals surface area contributed by atoms with Gasteiger partial charge in [0.1, 0.15) is 0 Å². The van der Waals surface area contributed by atoms with E-state index in [4.69, 9.17) is 0 Å². The van der Waals surface area contributed by atoms with Gasteiger partial charge in [-0.3, -0.25) is 0 Å². The molecule has 0 saturated carbocycles. The van der Waals surface area contributed by atoms with Gasteiger partial charge in [0.2, 0.25) is 10.0 Å². The van der Waals surface area contributed by atoms with Crippen molar-refractivity contribution < 1.29 is 16.8 Å². The van der Waals surface area contributed by atoms with E-state index < -0.39 is 19.9 Å². The van der Waals surface area contributed by atoms with Crippen molar-refractivity contribution in [1.29, 1.82) is 0 Å². The second kappa shape index (κ2) is 5.94. The summed E-state index contributed by atoms with van der Waals surface area (Å²) >= 11 is 0. The number of nitrogens with zero attached hydrogens (tertiary/aromatic N) is 1. The quantitative estimate of drug-likeness (QED) is 0.823. The Bertz CT molecular complexity index is 761. The highest BCUT2D eigenvalue weighted by molar-refractivity contribution is 7.91. The van der Waals surface area contributed by atoms with E-state index in [1.807, 2.05) is 0 Å². The maximum Gasteiger partial charge on any atom is 0.243 e. The number of sulfonamides is 1. The molecule has 2 heterocycles. The Hall–Kier alpha value is -0.920. The standard InChI is InChI=1S/C15H21NO4S2/c17-21(18)11-5-6-13-12-14(7-8-15(13)21)22(19,20)16-9-3-1-2-4-10-16/h7-8,12H,1-6,9-11H2. The summed E-state index contributed by atoms with van der Waals surface area (Å²) in [6.45, 7) is 1.11. The van der Waals surface area contributed by atoms with Crippen LogP contribution in [0.3, 0.4) is 0 Å². The number of aryl methyl sites for hydroxylation is 1. The average Bonchev–Trinajstić information content (AvgIpc) is 2.76. The van der Waals surface area contributed by atoms with Gasteiger partial charge in [0.15, 0.2) is 9.84 Å². The van der Waals surface area contributed by atoms with Crippen LogP contribution in [0.4, 0.5) is 0 Å². The van der Waals surface area contributed by atoms with Gasteiger partial charge in [0.05, 0.1) is 15.5 Å². The molecule has 122 valence electrons. The third-order valence-corrected chi connectivity index (χ3v) is 8.22. The van der Waals surface area contributed by atoms with Crippen LogP contribution in [0, 0.1) is 0 Å². The van der Waals surface area contributed by atoms with Crippen molar-refractivity contribution >= 4 is 19.9 Å². The topological polar surface area (TPSA) is 71.5 Å². The number of hydrogen-bond donors (Lipinski definition) is 0. The van der Waals surface area contributed by atoms with Crippen LogP contribution in [-0.2, 0) is 26.3 Å². The molecule has 1 fully saturated rings. The van der Waals surface area contributed by atoms with Crippen LogP contribution in [0.5, 0.6) is 0 Å². The van der Waals surface area contributed by atoms with Crippen LogP contribution in [0.25, 0.3) is 0 Å². The molecule has 0 N–H and O–H groups in total. The van der Waals surface area contributed by atoms with Crippen molar-refractivity contribution in [2.24, 2.45) is 0 Å². The van der Waals surface area contributed by atoms with Gasteiger partial charge < -0.3 is 0 Å². The molecule has 1 aromatic carbocycles. The lowest BCUT2D eigenvalue weighted by Gasteiger charge is -2.22. The Morgan fingerprint density at radius 2 is 1.64 bits per heavy atom. The Morgan fingerprint density at radius 3 is 2.32 bits per heavy atom. The molecule has 5 nitrogen and oxygen atoms in total. The summed E-state index contributed by atoms with van der Waals surface area (Å²) in [5.74, 6) is 0.151. The van der Waals surface area contributed by atoms with Crippen LogP contribution >= 0.6 is 0 Å². The number of benzene rings is 1. The molecule has 0 amide bonds. The predicted molar refractivity (Wildman–Crippen MR) is 84.0 cm³/mol. The zero-order valence-electron chi connectivity index (χ0n) is 12.5. The van der Waals surface area contributed by atoms with Gasteiger partial charge in [-0.15, -0.1) is 0 Å². The molecular formula is C15H21NO4S2. The van der Waals surface area contributed by atoms with Crippen molar-refractivity contribution in [3.05, 3.63) is 23.8 Å². The summed E-state index contributed by atoms with van der Waals surface area (Å²) < 4.78 is 51.1. The number of hydrogen-bond acceptors (Lipinski definition) is 4. The molecular weight excluding hydrogens is 322 g/mol. The highest BCUT2D eigenvalue weighted by atomic mass is 32.2. The largest absolute Gasteiger partial charge is 0.243 e. The maximum atomic E-state index is 12.8. The van der Waals surface area contributed by atoms with Crippen LogP contribution < -0.4 is 0 Å². The second-order valence-corrected chi connectivity index (χ2v) is 10.0. The minimum Gasteiger partial charge on any atom is -0.224 e. The maximum absolute atomic E-state index is 12.8. The van der Waals surface area contributed by atoms with E-state index in [1.165, 1.54) is 12.1 Å². The third kappa shape index (κ3) is 2.94. The molecule has 7 heteroatoms. The summed E-state index contributed by atoms with van der Waals surface area (Å²) in [6, 6.07) is 4.47. The van der Waals surface area contributed by atoms with E-state index in [1.54, 1.807) is 10.4 Å². The van der Waals surface area contributed by atoms with Crippen molar-refractivity contribution in [2.75, 3.05) is 18.8 Å². The van der Waals surface area contributed by atoms with Gasteiger partial charge in [-0.25, -0.2) is 16.8 Å². The van der Waals surface area contributed by atoms with Gasteiger partial charge in [0, 0.05) is 13.1 Å². The van der Waals surface area contributed by atoms with E-state index in [0.717, 1.165) is 25.7 Å². The first-order valence-corrected chi connectivity index (χ1v) is 10.9. The van der Waals surface area contributed by atoms with Gasteiger partial charge in [0.25, 0.3) is 0 Å². The fourth-order valence-corrected chi connectivity index (χ4v) is 6.36. The Balaban J connectivity index is 1.98. The Kier molecular flexibility index (Phi) is 4.31. The minimum atomic E-state index is -3.52. The smallest absolute Gasteiger partial charge is 0.224 e. The van der Waals surface area contributed by atoms with Crippen molar-refractivity contribution in [3.63, 3.8) is 0 Å². The monoisotopic (exact) mass is 343 g/mol. The fraction of sp³-hybridized carbons (Fsp3) is 0.600. The molecule has 2 aliphatic heterocycles. The summed E-state index contributed by atoms with van der Waals surface area (Å²) in [5.41, 5.74) is 0.641. The average molecular weight is 343 g/mol. The number of rotatable bonds is 2. The van der Waals surface area contributed by atoms with E-state index in [9.17, 15) is 16.8 Å². The first kappa shape index (κ1) is 16.0. The summed E-state index contributed by atoms with van der Waals surface area (Å²) in [7, 11) is -6.76. The van der Waals surface area contributed by atoms with E-state index in [0.29, 0.717) is 36.4 Å². The minimum absolute atomic E-state index is 0.151. The SMILES string of the molecule is O=S1(=O)CCCc2cc(S(=O)(=O)N3CCCCCC3)ccc21. The lowest BCUT2D eigenvalue weighted by atomic mass is 10.1. The second-order valence-electron chi connectivity index (χ2n) is 6.01. The van der Waals surface area contributed by atoms with E-state index in [2.05, 4.69) is 0 Å². The zero-order valence-corrected chi connectivity index (χ0v) is 14.1. The molecule has 0 spiro atoms. The van der Waals surface area contributed by atoms with Crippen LogP contribution in [0.2, 0.25) is 0 Å². The summed E-state index contributed by atoms with van der Waals surface area (Å²) in [5, 5.41) is 0. The van der Waals surface area contributed by atoms with Crippen LogP contribution in [-0.4, -0.2) is 40.0 Å². The molecule has 0 atom stereocenters. The molecule has 0 bridgehead atoms. The molecule has 3 rings (SSSR count). The van der Waals surface area contributed by atoms with Gasteiger partial charge >= 0.3 is 0 Å². The summed E-state index contributed by atoms with van der Waals surface area (Å²) in [4.78, 5) is 0.527. The molecule has 0 aliphatic carbocycles. The van der Waals surface area contributed by atoms with Crippen molar-refractivity contribution in [1.82, 2.24) is 4.31 Å². The summed E-state index contributed by atoms with van der Waals surface area (Å²) in [6.07, 6.45) is 5.08. The van der Waals surface area contributed by atoms with Gasteiger partial charge in [-0.05, 0) is 49.4 Å². The highest BCUT2D eigenvalue weighted by Crippen LogP contribution is 2.29. The Labute approximate surface area is 132 Å². The van der Waals surface area contributed by atoms with Crippen LogP contribution in [0.1, 0.15) is 37.7 Å². The first-order chi connectivity index (χ1) is 10.4. The van der Waals surface area contributed by atoms with E-state index in [-0.39, 0.29) is 10.6 Å². The Morgan fingerprint density at radius 1 is 0.955 bits per heavy atom. The van der Waals surface area contributed by atoms with Gasteiger partial charge in [-0.2, -0.15) is 4.31 Å². The zero-order chi connectivity index (χ0) is 15.8. The molecule has 22 heavy (non-hydrogen) atoms. The third-order valence-electron chi connectivity index (χ3n) is 4.43. The van der Waals surface area contributed by atoms with Crippen LogP contribution in [0.15, 0.2) is 28.0 Å². The lowest BCUT2D eigenvalue weighted by molar-refractivity contribution is 0.423. The lowest BCUT2D eigenvalue weighted by Crippen LogP contribution is -2.32. The van der Waals surface area contributed by atoms with Crippen molar-refractivity contribution in [3.8, 4) is 0 Å². The van der Waals surface area contributed by atoms with Gasteiger partial charge in [-0.1, -0.05) is 12.8 Å². The fourth-order valence-electron chi connectivity index (χ4n) is 3.21. The molecule has 2 aliphatic rings. The first-order valence-electron chi connectivity index (χ1n) is 7.77. The van der Waals surface area contributed by atoms with Crippen molar-refractivity contribution in [2.45, 2.75) is 48.3 Å². The molecule has 0 aromatic heterocycles. The highest BCUT2D eigenvalue weighted by Gasteiger charge is 2.29. The normalized spacial score (nSPS) is 22.7. The molecule has 1 aromatic rings.